The van der Waals surface area contributed by atoms with Gasteiger partial charge in [0, 0.05) is 31.4 Å². The van der Waals surface area contributed by atoms with Crippen molar-refractivity contribution in [2.24, 2.45) is 5.73 Å². The van der Waals surface area contributed by atoms with Crippen LogP contribution < -0.4 is 16.0 Å². The molecule has 3 N–H and O–H groups in total. The van der Waals surface area contributed by atoms with Crippen LogP contribution >= 0.6 is 0 Å². The fourth-order valence-electron chi connectivity index (χ4n) is 2.56. The van der Waals surface area contributed by atoms with Crippen molar-refractivity contribution in [2.75, 3.05) is 29.9 Å². The Kier molecular flexibility index (Phi) is 3.78. The van der Waals surface area contributed by atoms with E-state index < -0.39 is 0 Å². The van der Waals surface area contributed by atoms with Crippen LogP contribution in [0.1, 0.15) is 12.0 Å². The molecule has 1 aromatic carbocycles. The number of nitrogens with one attached hydrogen (secondary N) is 1. The molecule has 1 aliphatic heterocycles. The van der Waals surface area contributed by atoms with Crippen molar-refractivity contribution < 1.29 is 0 Å². The van der Waals surface area contributed by atoms with Crippen LogP contribution in [-0.2, 0) is 6.42 Å². The minimum atomic E-state index is 0.589. The van der Waals surface area contributed by atoms with Crippen molar-refractivity contribution in [3.05, 3.63) is 42.2 Å². The maximum Gasteiger partial charge on any atom is 0.138 e. The van der Waals surface area contributed by atoms with Crippen LogP contribution in [0.15, 0.2) is 36.7 Å². The second-order valence-corrected chi connectivity index (χ2v) is 4.86. The zero-order valence-corrected chi connectivity index (χ0v) is 11.4. The van der Waals surface area contributed by atoms with Crippen LogP contribution in [0, 0.1) is 0 Å². The summed E-state index contributed by atoms with van der Waals surface area (Å²) in [5.41, 5.74) is 8.14. The highest BCUT2D eigenvalue weighted by atomic mass is 15.2. The molecule has 0 radical (unpaired) electrons. The number of nitrogens with two attached hydrogens (primary N) is 1. The molecule has 1 aliphatic rings. The van der Waals surface area contributed by atoms with Gasteiger partial charge in [-0.05, 0) is 24.5 Å². The Morgan fingerprint density at radius 1 is 1.25 bits per heavy atom. The highest BCUT2D eigenvalue weighted by Gasteiger charge is 2.18. The SMILES string of the molecule is NCCNc1cc(N2CCCc3ccccc32)ncn1. The van der Waals surface area contributed by atoms with Gasteiger partial charge in [0.05, 0.1) is 0 Å². The molecule has 0 spiro atoms. The lowest BCUT2D eigenvalue weighted by molar-refractivity contribution is 0.758. The minimum Gasteiger partial charge on any atom is -0.369 e. The first-order valence-corrected chi connectivity index (χ1v) is 7.00. The largest absolute Gasteiger partial charge is 0.369 e. The molecule has 20 heavy (non-hydrogen) atoms. The smallest absolute Gasteiger partial charge is 0.138 e. The molecule has 1 aromatic heterocycles. The van der Waals surface area contributed by atoms with Crippen molar-refractivity contribution in [3.63, 3.8) is 0 Å². The number of aromatic nitrogens is 2. The number of fused-ring (bicyclic) bond motifs is 1. The monoisotopic (exact) mass is 269 g/mol. The summed E-state index contributed by atoms with van der Waals surface area (Å²) >= 11 is 0. The second-order valence-electron chi connectivity index (χ2n) is 4.86. The van der Waals surface area contributed by atoms with Crippen molar-refractivity contribution in [2.45, 2.75) is 12.8 Å². The molecular weight excluding hydrogens is 250 g/mol. The van der Waals surface area contributed by atoms with Crippen LogP contribution in [0.3, 0.4) is 0 Å². The molecule has 2 heterocycles. The highest BCUT2D eigenvalue weighted by molar-refractivity contribution is 5.66. The third-order valence-electron chi connectivity index (χ3n) is 3.49. The Morgan fingerprint density at radius 3 is 3.05 bits per heavy atom. The predicted molar refractivity (Wildman–Crippen MR) is 81.3 cm³/mol. The molecular formula is C15H19N5. The topological polar surface area (TPSA) is 67.1 Å². The molecule has 0 atom stereocenters. The molecule has 0 bridgehead atoms. The molecule has 5 heteroatoms. The molecule has 0 saturated carbocycles. The number of anilines is 3. The summed E-state index contributed by atoms with van der Waals surface area (Å²) in [6, 6.07) is 10.5. The Labute approximate surface area is 118 Å². The molecule has 0 saturated heterocycles. The van der Waals surface area contributed by atoms with Gasteiger partial charge in [-0.3, -0.25) is 0 Å². The van der Waals surface area contributed by atoms with E-state index in [1.165, 1.54) is 11.3 Å². The van der Waals surface area contributed by atoms with Gasteiger partial charge in [0.25, 0.3) is 0 Å². The summed E-state index contributed by atoms with van der Waals surface area (Å²) in [6.07, 6.45) is 3.88. The summed E-state index contributed by atoms with van der Waals surface area (Å²) < 4.78 is 0. The Hall–Kier alpha value is -2.14. The summed E-state index contributed by atoms with van der Waals surface area (Å²) in [5, 5.41) is 3.19. The second kappa shape index (κ2) is 5.88. The summed E-state index contributed by atoms with van der Waals surface area (Å²) in [4.78, 5) is 10.9. The van der Waals surface area contributed by atoms with E-state index in [0.29, 0.717) is 13.1 Å². The predicted octanol–water partition coefficient (Wildman–Crippen LogP) is 1.93. The lowest BCUT2D eigenvalue weighted by Gasteiger charge is -2.30. The number of benzene rings is 1. The highest BCUT2D eigenvalue weighted by Crippen LogP contribution is 2.32. The van der Waals surface area contributed by atoms with E-state index in [2.05, 4.69) is 44.5 Å². The summed E-state index contributed by atoms with van der Waals surface area (Å²) in [5.74, 6) is 1.76. The quantitative estimate of drug-likeness (QED) is 0.887. The first-order chi connectivity index (χ1) is 9.88. The van der Waals surface area contributed by atoms with Crippen LogP contribution in [0.5, 0.6) is 0 Å². The third-order valence-corrected chi connectivity index (χ3v) is 3.49. The van der Waals surface area contributed by atoms with Crippen molar-refractivity contribution in [1.82, 2.24) is 9.97 Å². The molecule has 3 rings (SSSR count). The van der Waals surface area contributed by atoms with Gasteiger partial charge in [-0.1, -0.05) is 18.2 Å². The molecule has 104 valence electrons. The number of aryl methyl sites for hydroxylation is 1. The lowest BCUT2D eigenvalue weighted by Crippen LogP contribution is -2.25. The molecule has 0 fully saturated rings. The average Bonchev–Trinajstić information content (AvgIpc) is 2.52. The van der Waals surface area contributed by atoms with E-state index >= 15 is 0 Å². The van der Waals surface area contributed by atoms with E-state index in [0.717, 1.165) is 31.0 Å². The van der Waals surface area contributed by atoms with Gasteiger partial charge in [-0.15, -0.1) is 0 Å². The summed E-state index contributed by atoms with van der Waals surface area (Å²) in [7, 11) is 0. The van der Waals surface area contributed by atoms with Crippen LogP contribution in [0.4, 0.5) is 17.3 Å². The fraction of sp³-hybridized carbons (Fsp3) is 0.333. The summed E-state index contributed by atoms with van der Waals surface area (Å²) in [6.45, 7) is 2.29. The van der Waals surface area contributed by atoms with Gasteiger partial charge in [0.1, 0.15) is 18.0 Å². The van der Waals surface area contributed by atoms with Crippen LogP contribution in [0.25, 0.3) is 0 Å². The number of hydrogen-bond acceptors (Lipinski definition) is 5. The van der Waals surface area contributed by atoms with E-state index in [9.17, 15) is 0 Å². The van der Waals surface area contributed by atoms with Crippen molar-refractivity contribution in [3.8, 4) is 0 Å². The lowest BCUT2D eigenvalue weighted by atomic mass is 10.0. The first kappa shape index (κ1) is 12.9. The van der Waals surface area contributed by atoms with E-state index in [1.807, 2.05) is 6.07 Å². The third kappa shape index (κ3) is 2.58. The first-order valence-electron chi connectivity index (χ1n) is 7.00. The van der Waals surface area contributed by atoms with E-state index in [-0.39, 0.29) is 0 Å². The number of para-hydroxylation sites is 1. The molecule has 2 aromatic rings. The fourth-order valence-corrected chi connectivity index (χ4v) is 2.56. The maximum atomic E-state index is 5.50. The maximum absolute atomic E-state index is 5.50. The zero-order valence-electron chi connectivity index (χ0n) is 11.4. The minimum absolute atomic E-state index is 0.589. The Balaban J connectivity index is 1.90. The van der Waals surface area contributed by atoms with Gasteiger partial charge in [0.2, 0.25) is 0 Å². The van der Waals surface area contributed by atoms with Gasteiger partial charge in [-0.2, -0.15) is 0 Å². The average molecular weight is 269 g/mol. The zero-order chi connectivity index (χ0) is 13.8. The standard InChI is InChI=1S/C15H19N5/c16-7-8-17-14-10-15(19-11-18-14)20-9-3-5-12-4-1-2-6-13(12)20/h1-2,4,6,10-11H,3,5,7-9,16H2,(H,17,18,19). The van der Waals surface area contributed by atoms with E-state index in [1.54, 1.807) is 6.33 Å². The van der Waals surface area contributed by atoms with Gasteiger partial charge >= 0.3 is 0 Å². The normalized spacial score (nSPS) is 13.9. The van der Waals surface area contributed by atoms with Gasteiger partial charge in [-0.25, -0.2) is 9.97 Å². The van der Waals surface area contributed by atoms with Crippen LogP contribution in [-0.4, -0.2) is 29.6 Å². The molecule has 0 amide bonds. The molecule has 0 unspecified atom stereocenters. The van der Waals surface area contributed by atoms with Crippen LogP contribution in [0.2, 0.25) is 0 Å². The molecule has 5 nitrogen and oxygen atoms in total. The van der Waals surface area contributed by atoms with Crippen molar-refractivity contribution in [1.29, 1.82) is 0 Å². The number of hydrogen-bond donors (Lipinski definition) is 2. The van der Waals surface area contributed by atoms with Gasteiger partial charge < -0.3 is 16.0 Å². The Bertz CT molecular complexity index is 584. The molecule has 0 aliphatic carbocycles. The van der Waals surface area contributed by atoms with Crippen molar-refractivity contribution >= 4 is 17.3 Å². The number of nitrogens with zero attached hydrogens (tertiary/aromatic N) is 3. The van der Waals surface area contributed by atoms with Gasteiger partial charge in [0.15, 0.2) is 0 Å². The number of rotatable bonds is 4. The Morgan fingerprint density at radius 2 is 2.15 bits per heavy atom. The van der Waals surface area contributed by atoms with E-state index in [4.69, 9.17) is 5.73 Å².